The molecular formula is C16H14ClN3O2. The van der Waals surface area contributed by atoms with Crippen LogP contribution in [-0.2, 0) is 6.54 Å². The molecule has 0 radical (unpaired) electrons. The van der Waals surface area contributed by atoms with Gasteiger partial charge < -0.3 is 10.4 Å². The topological polar surface area (TPSA) is 86.0 Å². The first-order valence-corrected chi connectivity index (χ1v) is 6.93. The molecule has 0 unspecified atom stereocenters. The average molecular weight is 316 g/mol. The van der Waals surface area contributed by atoms with Gasteiger partial charge in [0.15, 0.2) is 5.69 Å². The fraction of sp³-hybridized carbons (Fsp3) is 0.188. The molecule has 1 aromatic carbocycles. The predicted molar refractivity (Wildman–Crippen MR) is 82.7 cm³/mol. The van der Waals surface area contributed by atoms with Gasteiger partial charge in [-0.2, -0.15) is 5.26 Å². The minimum atomic E-state index is -0.489. The van der Waals surface area contributed by atoms with Crippen molar-refractivity contribution >= 4 is 17.5 Å². The minimum absolute atomic E-state index is 0.0756. The summed E-state index contributed by atoms with van der Waals surface area (Å²) in [6, 6.07) is 6.90. The van der Waals surface area contributed by atoms with Gasteiger partial charge in [0.05, 0.1) is 16.7 Å². The van der Waals surface area contributed by atoms with E-state index in [-0.39, 0.29) is 23.0 Å². The number of nitrogens with one attached hydrogen (secondary N) is 1. The number of rotatable bonds is 3. The number of hydrogen-bond acceptors (Lipinski definition) is 4. The second kappa shape index (κ2) is 6.46. The van der Waals surface area contributed by atoms with E-state index in [0.29, 0.717) is 5.56 Å². The quantitative estimate of drug-likeness (QED) is 0.912. The summed E-state index contributed by atoms with van der Waals surface area (Å²) in [7, 11) is 0. The molecular weight excluding hydrogens is 302 g/mol. The number of hydrogen-bond donors (Lipinski definition) is 2. The van der Waals surface area contributed by atoms with Gasteiger partial charge in [-0.25, -0.2) is 4.98 Å². The molecule has 22 heavy (non-hydrogen) atoms. The second-order valence-electron chi connectivity index (χ2n) is 4.90. The van der Waals surface area contributed by atoms with Crippen LogP contribution in [0, 0.1) is 25.2 Å². The van der Waals surface area contributed by atoms with E-state index < -0.39 is 5.91 Å². The van der Waals surface area contributed by atoms with Gasteiger partial charge in [-0.1, -0.05) is 11.6 Å². The van der Waals surface area contributed by atoms with Crippen LogP contribution >= 0.6 is 11.6 Å². The van der Waals surface area contributed by atoms with Crippen molar-refractivity contribution in [2.45, 2.75) is 20.4 Å². The monoisotopic (exact) mass is 315 g/mol. The molecule has 0 aliphatic rings. The maximum Gasteiger partial charge on any atom is 0.274 e. The van der Waals surface area contributed by atoms with E-state index in [1.54, 1.807) is 12.1 Å². The summed E-state index contributed by atoms with van der Waals surface area (Å²) in [6.07, 6.45) is 1.30. The molecule has 2 rings (SSSR count). The molecule has 0 fully saturated rings. The highest BCUT2D eigenvalue weighted by Gasteiger charge is 2.14. The number of carbonyl (C=O) groups excluding carboxylic acids is 1. The number of halogens is 1. The molecule has 0 saturated heterocycles. The van der Waals surface area contributed by atoms with Crippen LogP contribution in [0.4, 0.5) is 0 Å². The van der Waals surface area contributed by atoms with Crippen LogP contribution in [0.2, 0.25) is 5.02 Å². The van der Waals surface area contributed by atoms with E-state index >= 15 is 0 Å². The lowest BCUT2D eigenvalue weighted by Gasteiger charge is -2.12. The van der Waals surface area contributed by atoms with Crippen molar-refractivity contribution < 1.29 is 9.90 Å². The Labute approximate surface area is 133 Å². The molecule has 1 aromatic heterocycles. The molecule has 112 valence electrons. The zero-order valence-electron chi connectivity index (χ0n) is 12.1. The highest BCUT2D eigenvalue weighted by atomic mass is 35.5. The second-order valence-corrected chi connectivity index (χ2v) is 5.34. The maximum atomic E-state index is 12.1. The lowest BCUT2D eigenvalue weighted by atomic mass is 9.99. The minimum Gasteiger partial charge on any atom is -0.505 e. The van der Waals surface area contributed by atoms with Crippen LogP contribution in [0.25, 0.3) is 0 Å². The molecule has 1 heterocycles. The number of aromatic nitrogens is 1. The van der Waals surface area contributed by atoms with Crippen LogP contribution in [0.3, 0.4) is 0 Å². The molecule has 0 bridgehead atoms. The molecule has 5 nitrogen and oxygen atoms in total. The molecule has 6 heteroatoms. The number of nitrogens with zero attached hydrogens (tertiary/aromatic N) is 2. The third kappa shape index (κ3) is 3.35. The van der Waals surface area contributed by atoms with Crippen molar-refractivity contribution in [2.24, 2.45) is 0 Å². The predicted octanol–water partition coefficient (Wildman–Crippen LogP) is 2.86. The lowest BCUT2D eigenvalue weighted by Crippen LogP contribution is -2.24. The average Bonchev–Trinajstić information content (AvgIpc) is 2.45. The van der Waals surface area contributed by atoms with Gasteiger partial charge in [0.2, 0.25) is 0 Å². The summed E-state index contributed by atoms with van der Waals surface area (Å²) >= 11 is 5.68. The van der Waals surface area contributed by atoms with Crippen LogP contribution < -0.4 is 5.32 Å². The third-order valence-corrected chi connectivity index (χ3v) is 3.51. The van der Waals surface area contributed by atoms with Crippen LogP contribution in [0.5, 0.6) is 5.75 Å². The molecule has 0 spiro atoms. The largest absolute Gasteiger partial charge is 0.505 e. The Hall–Kier alpha value is -2.58. The van der Waals surface area contributed by atoms with Crippen molar-refractivity contribution in [1.82, 2.24) is 10.3 Å². The maximum absolute atomic E-state index is 12.1. The first-order valence-electron chi connectivity index (χ1n) is 6.55. The summed E-state index contributed by atoms with van der Waals surface area (Å²) in [4.78, 5) is 15.9. The molecule has 2 N–H and O–H groups in total. The van der Waals surface area contributed by atoms with Gasteiger partial charge in [-0.3, -0.25) is 4.79 Å². The Morgan fingerprint density at radius 1 is 1.36 bits per heavy atom. The fourth-order valence-electron chi connectivity index (χ4n) is 2.19. The Bertz CT molecular complexity index is 758. The van der Waals surface area contributed by atoms with Crippen molar-refractivity contribution in [1.29, 1.82) is 5.26 Å². The van der Waals surface area contributed by atoms with Gasteiger partial charge in [-0.15, -0.1) is 0 Å². The lowest BCUT2D eigenvalue weighted by molar-refractivity contribution is 0.0943. The van der Waals surface area contributed by atoms with Gasteiger partial charge >= 0.3 is 0 Å². The smallest absolute Gasteiger partial charge is 0.274 e. The van der Waals surface area contributed by atoms with Crippen molar-refractivity contribution in [3.8, 4) is 11.8 Å². The van der Waals surface area contributed by atoms with Gasteiger partial charge in [0, 0.05) is 18.8 Å². The zero-order chi connectivity index (χ0) is 16.3. The van der Waals surface area contributed by atoms with Crippen molar-refractivity contribution in [3.05, 3.63) is 57.4 Å². The molecule has 0 atom stereocenters. The summed E-state index contributed by atoms with van der Waals surface area (Å²) in [6.45, 7) is 4.05. The summed E-state index contributed by atoms with van der Waals surface area (Å²) in [5.74, 6) is -0.754. The molecule has 2 aromatic rings. The van der Waals surface area contributed by atoms with E-state index in [1.807, 2.05) is 13.8 Å². The van der Waals surface area contributed by atoms with Gasteiger partial charge in [0.1, 0.15) is 5.75 Å². The normalized spacial score (nSPS) is 10.1. The van der Waals surface area contributed by atoms with Gasteiger partial charge in [0.25, 0.3) is 5.91 Å². The molecule has 0 saturated carbocycles. The van der Waals surface area contributed by atoms with Crippen molar-refractivity contribution in [3.63, 3.8) is 0 Å². The van der Waals surface area contributed by atoms with E-state index in [0.717, 1.165) is 16.7 Å². The van der Waals surface area contributed by atoms with Crippen LogP contribution in [0.15, 0.2) is 24.4 Å². The third-order valence-electron chi connectivity index (χ3n) is 3.30. The SMILES string of the molecule is Cc1cc(C#N)cc(C)c1CNC(=O)c1ncc(Cl)cc1O. The summed E-state index contributed by atoms with van der Waals surface area (Å²) in [5.41, 5.74) is 3.28. The number of aryl methyl sites for hydroxylation is 2. The molecule has 0 aliphatic heterocycles. The highest BCUT2D eigenvalue weighted by Crippen LogP contribution is 2.20. The van der Waals surface area contributed by atoms with Crippen molar-refractivity contribution in [2.75, 3.05) is 0 Å². The van der Waals surface area contributed by atoms with E-state index in [4.69, 9.17) is 16.9 Å². The number of carbonyl (C=O) groups is 1. The Morgan fingerprint density at radius 2 is 2.00 bits per heavy atom. The summed E-state index contributed by atoms with van der Waals surface area (Å²) < 4.78 is 0. The molecule has 0 aliphatic carbocycles. The number of nitriles is 1. The van der Waals surface area contributed by atoms with E-state index in [9.17, 15) is 9.90 Å². The highest BCUT2D eigenvalue weighted by molar-refractivity contribution is 6.30. The number of pyridine rings is 1. The Balaban J connectivity index is 2.17. The first-order chi connectivity index (χ1) is 10.4. The summed E-state index contributed by atoms with van der Waals surface area (Å²) in [5, 5.41) is 21.6. The zero-order valence-corrected chi connectivity index (χ0v) is 12.9. The van der Waals surface area contributed by atoms with Crippen LogP contribution in [-0.4, -0.2) is 16.0 Å². The van der Waals surface area contributed by atoms with E-state index in [2.05, 4.69) is 16.4 Å². The number of amides is 1. The number of benzene rings is 1. The van der Waals surface area contributed by atoms with Gasteiger partial charge in [-0.05, 0) is 42.7 Å². The fourth-order valence-corrected chi connectivity index (χ4v) is 2.34. The first kappa shape index (κ1) is 15.8. The molecule has 1 amide bonds. The standard InChI is InChI=1S/C16H14ClN3O2/c1-9-3-11(6-18)4-10(2)13(9)8-20-16(22)15-14(21)5-12(17)7-19-15/h3-5,7,21H,8H2,1-2H3,(H,20,22). The van der Waals surface area contributed by atoms with Crippen LogP contribution in [0.1, 0.15) is 32.7 Å². The number of aromatic hydroxyl groups is 1. The van der Waals surface area contributed by atoms with E-state index in [1.165, 1.54) is 12.3 Å². The Kier molecular flexibility index (Phi) is 4.64. The Morgan fingerprint density at radius 3 is 2.55 bits per heavy atom.